The number of benzene rings is 2. The van der Waals surface area contributed by atoms with E-state index in [2.05, 4.69) is 22.6 Å². The highest BCUT2D eigenvalue weighted by molar-refractivity contribution is 7.17. The number of aliphatic hydroxyl groups is 1. The molecule has 2 heterocycles. The lowest BCUT2D eigenvalue weighted by Gasteiger charge is -2.13. The minimum Gasteiger partial charge on any atom is -0.491 e. The highest BCUT2D eigenvalue weighted by Gasteiger charge is 2.12. The molecule has 1 atom stereocenters. The largest absolute Gasteiger partial charge is 0.491 e. The summed E-state index contributed by atoms with van der Waals surface area (Å²) in [7, 11) is 0. The number of fused-ring (bicyclic) bond motifs is 1. The lowest BCUT2D eigenvalue weighted by Crippen LogP contribution is -2.31. The van der Waals surface area contributed by atoms with E-state index in [1.165, 1.54) is 5.56 Å². The Morgan fingerprint density at radius 3 is 2.89 bits per heavy atom. The predicted octanol–water partition coefficient (Wildman–Crippen LogP) is 4.09. The van der Waals surface area contributed by atoms with Crippen LogP contribution < -0.4 is 10.1 Å². The van der Waals surface area contributed by atoms with Gasteiger partial charge in [-0.05, 0) is 29.1 Å². The molecule has 0 saturated carbocycles. The zero-order chi connectivity index (χ0) is 18.5. The van der Waals surface area contributed by atoms with E-state index in [1.54, 1.807) is 11.3 Å². The average molecular weight is 380 g/mol. The van der Waals surface area contributed by atoms with Gasteiger partial charge >= 0.3 is 0 Å². The number of hydrogen-bond donors (Lipinski definition) is 2. The lowest BCUT2D eigenvalue weighted by molar-refractivity contribution is 0.106. The van der Waals surface area contributed by atoms with Crippen LogP contribution in [0.3, 0.4) is 0 Å². The zero-order valence-corrected chi connectivity index (χ0v) is 15.5. The Morgan fingerprint density at radius 1 is 1.11 bits per heavy atom. The van der Waals surface area contributed by atoms with Crippen molar-refractivity contribution < 1.29 is 14.4 Å². The van der Waals surface area contributed by atoms with Crippen LogP contribution in [-0.4, -0.2) is 29.5 Å². The maximum atomic E-state index is 10.1. The number of nitrogens with zero attached hydrogens (tertiary/aromatic N) is 1. The van der Waals surface area contributed by atoms with Gasteiger partial charge in [-0.15, -0.1) is 11.3 Å². The van der Waals surface area contributed by atoms with Gasteiger partial charge < -0.3 is 19.7 Å². The molecular formula is C21H20N2O3S. The monoisotopic (exact) mass is 380 g/mol. The van der Waals surface area contributed by atoms with Gasteiger partial charge in [0.05, 0.1) is 0 Å². The number of aliphatic hydroxyl groups excluding tert-OH is 1. The molecule has 4 aromatic rings. The Kier molecular flexibility index (Phi) is 5.48. The molecule has 0 spiro atoms. The van der Waals surface area contributed by atoms with Crippen molar-refractivity contribution in [2.45, 2.75) is 12.6 Å². The fourth-order valence-corrected chi connectivity index (χ4v) is 3.64. The summed E-state index contributed by atoms with van der Waals surface area (Å²) in [6.07, 6.45) is -0.589. The summed E-state index contributed by atoms with van der Waals surface area (Å²) < 4.78 is 12.1. The number of aromatic nitrogens is 1. The molecule has 0 amide bonds. The van der Waals surface area contributed by atoms with Gasteiger partial charge in [-0.2, -0.15) is 0 Å². The van der Waals surface area contributed by atoms with E-state index in [4.69, 9.17) is 9.26 Å². The summed E-state index contributed by atoms with van der Waals surface area (Å²) in [4.78, 5) is 0. The molecule has 0 aliphatic carbocycles. The zero-order valence-electron chi connectivity index (χ0n) is 14.7. The molecule has 27 heavy (non-hydrogen) atoms. The average Bonchev–Trinajstić information content (AvgIpc) is 3.31. The first-order chi connectivity index (χ1) is 13.3. The van der Waals surface area contributed by atoms with Crippen LogP contribution in [0.2, 0.25) is 0 Å². The summed E-state index contributed by atoms with van der Waals surface area (Å²) in [5.41, 5.74) is 3.73. The first-order valence-corrected chi connectivity index (χ1v) is 9.66. The van der Waals surface area contributed by atoms with Gasteiger partial charge in [0.2, 0.25) is 0 Å². The van der Waals surface area contributed by atoms with E-state index in [0.29, 0.717) is 12.3 Å². The summed E-state index contributed by atoms with van der Waals surface area (Å²) >= 11 is 1.60. The van der Waals surface area contributed by atoms with Crippen LogP contribution in [-0.2, 0) is 6.54 Å². The fraction of sp³-hybridized carbons (Fsp3) is 0.190. The molecular weight excluding hydrogens is 360 g/mol. The topological polar surface area (TPSA) is 67.5 Å². The highest BCUT2D eigenvalue weighted by atomic mass is 32.1. The third-order valence-electron chi connectivity index (χ3n) is 4.18. The lowest BCUT2D eigenvalue weighted by atomic mass is 10.1. The van der Waals surface area contributed by atoms with Gasteiger partial charge in [-0.3, -0.25) is 0 Å². The van der Waals surface area contributed by atoms with Crippen LogP contribution in [0.4, 0.5) is 0 Å². The normalized spacial score (nSPS) is 12.3. The summed E-state index contributed by atoms with van der Waals surface area (Å²) in [5.74, 6) is 0.697. The Balaban J connectivity index is 1.31. The number of thiophene rings is 1. The Morgan fingerprint density at radius 2 is 2.00 bits per heavy atom. The molecule has 2 aromatic carbocycles. The van der Waals surface area contributed by atoms with E-state index >= 15 is 0 Å². The molecule has 2 N–H and O–H groups in total. The van der Waals surface area contributed by atoms with E-state index in [1.807, 2.05) is 53.9 Å². The molecule has 6 heteroatoms. The van der Waals surface area contributed by atoms with E-state index in [0.717, 1.165) is 28.1 Å². The Hall–Kier alpha value is -2.67. The van der Waals surface area contributed by atoms with Gasteiger partial charge in [0.1, 0.15) is 28.9 Å². The second-order valence-electron chi connectivity index (χ2n) is 6.25. The summed E-state index contributed by atoms with van der Waals surface area (Å²) in [6.45, 7) is 1.41. The molecule has 2 aromatic heterocycles. The maximum Gasteiger partial charge on any atom is 0.178 e. The van der Waals surface area contributed by atoms with Crippen molar-refractivity contribution in [1.82, 2.24) is 10.5 Å². The van der Waals surface area contributed by atoms with Gasteiger partial charge in [-0.1, -0.05) is 47.6 Å². The number of ether oxygens (including phenoxy) is 1. The van der Waals surface area contributed by atoms with Gasteiger partial charge in [0.25, 0.3) is 0 Å². The van der Waals surface area contributed by atoms with Crippen LogP contribution in [0.5, 0.6) is 5.75 Å². The number of nitrogens with one attached hydrogen (secondary N) is 1. The van der Waals surface area contributed by atoms with Gasteiger partial charge in [-0.25, -0.2) is 0 Å². The van der Waals surface area contributed by atoms with E-state index in [-0.39, 0.29) is 6.61 Å². The minimum absolute atomic E-state index is 0.221. The van der Waals surface area contributed by atoms with E-state index in [9.17, 15) is 5.11 Å². The number of rotatable bonds is 8. The van der Waals surface area contributed by atoms with E-state index < -0.39 is 6.10 Å². The third-order valence-corrected chi connectivity index (χ3v) is 5.08. The van der Waals surface area contributed by atoms with Crippen molar-refractivity contribution in [3.63, 3.8) is 0 Å². The van der Waals surface area contributed by atoms with Crippen LogP contribution >= 0.6 is 11.3 Å². The second kappa shape index (κ2) is 8.35. The van der Waals surface area contributed by atoms with Gasteiger partial charge in [0, 0.05) is 18.7 Å². The molecule has 0 fully saturated rings. The highest BCUT2D eigenvalue weighted by Crippen LogP contribution is 2.33. The number of hydrogen-bond acceptors (Lipinski definition) is 6. The summed E-state index contributed by atoms with van der Waals surface area (Å²) in [6, 6.07) is 19.7. The molecule has 0 aliphatic rings. The van der Waals surface area contributed by atoms with Crippen molar-refractivity contribution in [3.05, 3.63) is 71.6 Å². The predicted molar refractivity (Wildman–Crippen MR) is 107 cm³/mol. The Labute approximate surface area is 161 Å². The smallest absolute Gasteiger partial charge is 0.178 e. The maximum absolute atomic E-state index is 10.1. The van der Waals surface area contributed by atoms with Crippen molar-refractivity contribution in [3.8, 4) is 17.0 Å². The van der Waals surface area contributed by atoms with Crippen LogP contribution in [0.1, 0.15) is 5.56 Å². The quantitative estimate of drug-likeness (QED) is 0.482. The molecule has 0 bridgehead atoms. The first-order valence-electron chi connectivity index (χ1n) is 8.78. The molecule has 1 unspecified atom stereocenters. The first kappa shape index (κ1) is 17.7. The minimum atomic E-state index is -0.589. The van der Waals surface area contributed by atoms with Crippen molar-refractivity contribution in [2.75, 3.05) is 13.2 Å². The van der Waals surface area contributed by atoms with Gasteiger partial charge in [0.15, 0.2) is 5.58 Å². The van der Waals surface area contributed by atoms with Crippen molar-refractivity contribution in [1.29, 1.82) is 0 Å². The Bertz CT molecular complexity index is 997. The second-order valence-corrected chi connectivity index (χ2v) is 7.17. The van der Waals surface area contributed by atoms with Crippen LogP contribution in [0, 0.1) is 0 Å². The van der Waals surface area contributed by atoms with Crippen molar-refractivity contribution in [2.24, 2.45) is 0 Å². The van der Waals surface area contributed by atoms with Crippen molar-refractivity contribution >= 4 is 21.6 Å². The van der Waals surface area contributed by atoms with Crippen LogP contribution in [0.15, 0.2) is 70.6 Å². The molecule has 5 nitrogen and oxygen atoms in total. The SMILES string of the molecule is OC(CNCc1ccccc1)COc1cccc(-c2noc3ccsc23)c1. The molecule has 0 radical (unpaired) electrons. The molecule has 0 aliphatic heterocycles. The fourth-order valence-electron chi connectivity index (χ4n) is 2.83. The summed E-state index contributed by atoms with van der Waals surface area (Å²) in [5, 5.41) is 19.5. The molecule has 138 valence electrons. The third kappa shape index (κ3) is 4.36. The standard InChI is InChI=1S/C21H20N2O3S/c24-17(13-22-12-15-5-2-1-3-6-15)14-25-18-8-4-7-16(11-18)20-21-19(26-23-20)9-10-27-21/h1-11,17,22,24H,12-14H2. The molecule has 4 rings (SSSR count). The molecule has 0 saturated heterocycles. The van der Waals surface area contributed by atoms with Crippen LogP contribution in [0.25, 0.3) is 21.5 Å².